The second-order valence-electron chi connectivity index (χ2n) is 4.63. The monoisotopic (exact) mass is 288 g/mol. The van der Waals surface area contributed by atoms with E-state index in [1.54, 1.807) is 23.4 Å². The summed E-state index contributed by atoms with van der Waals surface area (Å²) in [5.41, 5.74) is 1.25. The lowest BCUT2D eigenvalue weighted by Gasteiger charge is -2.18. The van der Waals surface area contributed by atoms with E-state index in [2.05, 4.69) is 15.3 Å². The van der Waals surface area contributed by atoms with E-state index in [0.29, 0.717) is 31.2 Å². The van der Waals surface area contributed by atoms with Gasteiger partial charge in [0.2, 0.25) is 5.89 Å². The van der Waals surface area contributed by atoms with Crippen LogP contribution in [0.5, 0.6) is 0 Å². The first-order valence-electron chi connectivity index (χ1n) is 7.04. The van der Waals surface area contributed by atoms with Gasteiger partial charge in [0.1, 0.15) is 11.5 Å². The average Bonchev–Trinajstić information content (AvgIpc) is 2.92. The van der Waals surface area contributed by atoms with E-state index in [1.807, 2.05) is 26.8 Å². The maximum absolute atomic E-state index is 12.2. The van der Waals surface area contributed by atoms with E-state index < -0.39 is 0 Å². The van der Waals surface area contributed by atoms with Gasteiger partial charge in [0, 0.05) is 25.0 Å². The Kier molecular flexibility index (Phi) is 4.92. The number of pyridine rings is 1. The lowest BCUT2D eigenvalue weighted by Crippen LogP contribution is -2.31. The van der Waals surface area contributed by atoms with Gasteiger partial charge in [-0.15, -0.1) is 0 Å². The number of nitrogens with zero attached hydrogens (tertiary/aromatic N) is 3. The van der Waals surface area contributed by atoms with E-state index >= 15 is 0 Å². The van der Waals surface area contributed by atoms with Gasteiger partial charge in [-0.3, -0.25) is 9.78 Å². The molecule has 0 bridgehead atoms. The van der Waals surface area contributed by atoms with Gasteiger partial charge >= 0.3 is 0 Å². The first-order valence-corrected chi connectivity index (χ1v) is 7.04. The van der Waals surface area contributed by atoms with Gasteiger partial charge in [0.25, 0.3) is 5.91 Å². The molecule has 1 amide bonds. The second kappa shape index (κ2) is 6.88. The molecule has 2 aromatic heterocycles. The highest BCUT2D eigenvalue weighted by atomic mass is 16.4. The molecule has 0 spiro atoms. The summed E-state index contributed by atoms with van der Waals surface area (Å²) >= 11 is 0. The van der Waals surface area contributed by atoms with Gasteiger partial charge in [-0.25, -0.2) is 4.98 Å². The van der Waals surface area contributed by atoms with Crippen molar-refractivity contribution in [2.75, 3.05) is 18.4 Å². The van der Waals surface area contributed by atoms with Crippen LogP contribution in [-0.4, -0.2) is 33.9 Å². The summed E-state index contributed by atoms with van der Waals surface area (Å²) in [4.78, 5) is 22.2. The van der Waals surface area contributed by atoms with E-state index in [0.717, 1.165) is 11.4 Å². The number of nitrogens with one attached hydrogen (secondary N) is 1. The zero-order chi connectivity index (χ0) is 15.2. The largest absolute Gasteiger partial charge is 0.444 e. The van der Waals surface area contributed by atoms with Gasteiger partial charge in [-0.1, -0.05) is 0 Å². The number of aromatic nitrogens is 2. The maximum Gasteiger partial charge on any atom is 0.272 e. The first-order chi connectivity index (χ1) is 10.1. The summed E-state index contributed by atoms with van der Waals surface area (Å²) < 4.78 is 5.39. The van der Waals surface area contributed by atoms with Crippen molar-refractivity contribution in [1.82, 2.24) is 14.9 Å². The van der Waals surface area contributed by atoms with Crippen molar-refractivity contribution in [1.29, 1.82) is 0 Å². The molecule has 0 atom stereocenters. The first kappa shape index (κ1) is 15.0. The lowest BCUT2D eigenvalue weighted by molar-refractivity contribution is 0.0767. The van der Waals surface area contributed by atoms with Crippen molar-refractivity contribution in [2.45, 2.75) is 27.3 Å². The molecule has 0 aliphatic rings. The normalized spacial score (nSPS) is 10.4. The van der Waals surface area contributed by atoms with E-state index in [4.69, 9.17) is 4.42 Å². The van der Waals surface area contributed by atoms with Crippen molar-refractivity contribution < 1.29 is 9.21 Å². The fourth-order valence-electron chi connectivity index (χ4n) is 1.99. The molecule has 2 rings (SSSR count). The quantitative estimate of drug-likeness (QED) is 0.884. The van der Waals surface area contributed by atoms with Gasteiger partial charge in [-0.2, -0.15) is 0 Å². The average molecular weight is 288 g/mol. The minimum absolute atomic E-state index is 0.0596. The molecule has 6 nitrogen and oxygen atoms in total. The molecule has 0 saturated heterocycles. The Hall–Kier alpha value is -2.37. The Labute approximate surface area is 124 Å². The van der Waals surface area contributed by atoms with Crippen LogP contribution in [0.25, 0.3) is 0 Å². The molecule has 6 heteroatoms. The van der Waals surface area contributed by atoms with Crippen LogP contribution in [0.4, 0.5) is 5.69 Å². The summed E-state index contributed by atoms with van der Waals surface area (Å²) in [5.74, 6) is 1.33. The Balaban J connectivity index is 2.05. The fraction of sp³-hybridized carbons (Fsp3) is 0.400. The molecule has 21 heavy (non-hydrogen) atoms. The van der Waals surface area contributed by atoms with Crippen molar-refractivity contribution in [3.8, 4) is 0 Å². The smallest absolute Gasteiger partial charge is 0.272 e. The zero-order valence-electron chi connectivity index (χ0n) is 12.6. The molecule has 0 unspecified atom stereocenters. The van der Waals surface area contributed by atoms with E-state index in [9.17, 15) is 4.79 Å². The fourth-order valence-corrected chi connectivity index (χ4v) is 1.99. The number of oxazole rings is 1. The van der Waals surface area contributed by atoms with Crippen molar-refractivity contribution in [3.63, 3.8) is 0 Å². The second-order valence-corrected chi connectivity index (χ2v) is 4.63. The number of carbonyl (C=O) groups excluding carboxylic acids is 1. The van der Waals surface area contributed by atoms with Crippen LogP contribution >= 0.6 is 0 Å². The van der Waals surface area contributed by atoms with E-state index in [1.165, 1.54) is 0 Å². The molecular weight excluding hydrogens is 268 g/mol. The van der Waals surface area contributed by atoms with Crippen LogP contribution in [0, 0.1) is 6.92 Å². The molecule has 112 valence electrons. The summed E-state index contributed by atoms with van der Waals surface area (Å²) in [5, 5.41) is 3.18. The minimum Gasteiger partial charge on any atom is -0.444 e. The number of aryl methyl sites for hydroxylation is 1. The van der Waals surface area contributed by atoms with Crippen LogP contribution < -0.4 is 5.32 Å². The highest BCUT2D eigenvalue weighted by Gasteiger charge is 2.14. The summed E-state index contributed by atoms with van der Waals surface area (Å²) in [6.45, 7) is 7.57. The zero-order valence-corrected chi connectivity index (χ0v) is 12.6. The third-order valence-corrected chi connectivity index (χ3v) is 3.14. The third kappa shape index (κ3) is 3.81. The number of anilines is 1. The Morgan fingerprint density at radius 2 is 2.10 bits per heavy atom. The van der Waals surface area contributed by atoms with Crippen LogP contribution in [0.1, 0.15) is 36.0 Å². The number of hydrogen-bond donors (Lipinski definition) is 1. The van der Waals surface area contributed by atoms with Crippen LogP contribution in [0.3, 0.4) is 0 Å². The third-order valence-electron chi connectivity index (χ3n) is 3.14. The van der Waals surface area contributed by atoms with Crippen molar-refractivity contribution >= 4 is 11.6 Å². The Morgan fingerprint density at radius 1 is 1.33 bits per heavy atom. The molecule has 0 fully saturated rings. The molecule has 0 saturated carbocycles. The van der Waals surface area contributed by atoms with Crippen molar-refractivity contribution in [2.24, 2.45) is 0 Å². The van der Waals surface area contributed by atoms with Crippen molar-refractivity contribution in [3.05, 3.63) is 41.9 Å². The van der Waals surface area contributed by atoms with Gasteiger partial charge < -0.3 is 14.6 Å². The SMILES string of the molecule is CCN(CC)C(=O)c1cc(NCc2ncc(C)o2)ccn1. The minimum atomic E-state index is -0.0596. The molecule has 0 aromatic carbocycles. The molecule has 0 aliphatic carbocycles. The molecule has 2 aromatic rings. The number of rotatable bonds is 6. The molecule has 2 heterocycles. The standard InChI is InChI=1S/C15H20N4O2/c1-4-19(5-2)15(20)13-8-12(6-7-16-13)17-10-14-18-9-11(3)21-14/h6-9H,4-5,10H2,1-3H3,(H,16,17). The summed E-state index contributed by atoms with van der Waals surface area (Å²) in [6.07, 6.45) is 3.30. The molecule has 0 radical (unpaired) electrons. The number of hydrogen-bond acceptors (Lipinski definition) is 5. The predicted molar refractivity (Wildman–Crippen MR) is 80.1 cm³/mol. The topological polar surface area (TPSA) is 71.3 Å². The van der Waals surface area contributed by atoms with Gasteiger partial charge in [-0.05, 0) is 32.9 Å². The summed E-state index contributed by atoms with van der Waals surface area (Å²) in [6, 6.07) is 3.56. The number of amides is 1. The molecule has 0 aliphatic heterocycles. The molecule has 1 N–H and O–H groups in total. The van der Waals surface area contributed by atoms with Gasteiger partial charge in [0.15, 0.2) is 0 Å². The van der Waals surface area contributed by atoms with Crippen LogP contribution in [0.15, 0.2) is 28.9 Å². The Morgan fingerprint density at radius 3 is 2.71 bits per heavy atom. The predicted octanol–water partition coefficient (Wildman–Crippen LogP) is 2.47. The highest BCUT2D eigenvalue weighted by molar-refractivity contribution is 5.93. The maximum atomic E-state index is 12.2. The summed E-state index contributed by atoms with van der Waals surface area (Å²) in [7, 11) is 0. The lowest BCUT2D eigenvalue weighted by atomic mass is 10.2. The van der Waals surface area contributed by atoms with Gasteiger partial charge in [0.05, 0.1) is 12.7 Å². The Bertz CT molecular complexity index is 605. The van der Waals surface area contributed by atoms with Crippen LogP contribution in [-0.2, 0) is 6.54 Å². The van der Waals surface area contributed by atoms with Crippen LogP contribution in [0.2, 0.25) is 0 Å². The number of carbonyl (C=O) groups is 1. The van der Waals surface area contributed by atoms with E-state index in [-0.39, 0.29) is 5.91 Å². The molecular formula is C15H20N4O2. The highest BCUT2D eigenvalue weighted by Crippen LogP contribution is 2.12.